The molecular formula is C16H26ClNO. The number of hydrogen-bond donors (Lipinski definition) is 1. The predicted molar refractivity (Wildman–Crippen MR) is 82.9 cm³/mol. The molecule has 0 saturated carbocycles. The summed E-state index contributed by atoms with van der Waals surface area (Å²) in [6, 6.07) is 7.52. The zero-order valence-corrected chi connectivity index (χ0v) is 12.9. The van der Waals surface area contributed by atoms with E-state index in [1.165, 1.54) is 12.8 Å². The monoisotopic (exact) mass is 283 g/mol. The van der Waals surface area contributed by atoms with E-state index in [0.717, 1.165) is 43.2 Å². The average Bonchev–Trinajstić information content (AvgIpc) is 2.45. The maximum Gasteiger partial charge on any atom is 0.119 e. The quantitative estimate of drug-likeness (QED) is 0.669. The second-order valence-corrected chi connectivity index (χ2v) is 5.61. The second-order valence-electron chi connectivity index (χ2n) is 5.17. The van der Waals surface area contributed by atoms with Crippen molar-refractivity contribution in [2.75, 3.05) is 13.2 Å². The van der Waals surface area contributed by atoms with Gasteiger partial charge in [-0.15, -0.1) is 0 Å². The summed E-state index contributed by atoms with van der Waals surface area (Å²) in [5.74, 6) is 0.889. The van der Waals surface area contributed by atoms with Crippen LogP contribution in [0.3, 0.4) is 0 Å². The van der Waals surface area contributed by atoms with Crippen LogP contribution in [-0.2, 0) is 0 Å². The van der Waals surface area contributed by atoms with Crippen molar-refractivity contribution in [3.8, 4) is 5.75 Å². The van der Waals surface area contributed by atoms with Crippen molar-refractivity contribution in [2.24, 2.45) is 11.1 Å². The van der Waals surface area contributed by atoms with Gasteiger partial charge in [0.25, 0.3) is 0 Å². The Morgan fingerprint density at radius 3 is 2.26 bits per heavy atom. The van der Waals surface area contributed by atoms with E-state index >= 15 is 0 Å². The summed E-state index contributed by atoms with van der Waals surface area (Å²) in [5, 5.41) is 0.742. The molecule has 19 heavy (non-hydrogen) atoms. The molecule has 0 radical (unpaired) electrons. The molecule has 0 aromatic heterocycles. The fourth-order valence-corrected chi connectivity index (χ4v) is 2.44. The third-order valence-electron chi connectivity index (χ3n) is 4.12. The minimum atomic E-state index is 0.334. The highest BCUT2D eigenvalue weighted by atomic mass is 35.5. The van der Waals surface area contributed by atoms with Gasteiger partial charge in [-0.1, -0.05) is 25.4 Å². The first-order chi connectivity index (χ1) is 9.15. The molecule has 0 unspecified atom stereocenters. The predicted octanol–water partition coefficient (Wildman–Crippen LogP) is 4.65. The van der Waals surface area contributed by atoms with Crippen LogP contribution in [0.2, 0.25) is 5.02 Å². The second kappa shape index (κ2) is 8.44. The van der Waals surface area contributed by atoms with Crippen LogP contribution in [0.15, 0.2) is 24.3 Å². The van der Waals surface area contributed by atoms with Crippen LogP contribution < -0.4 is 10.5 Å². The molecule has 1 aromatic carbocycles. The van der Waals surface area contributed by atoms with Crippen molar-refractivity contribution in [2.45, 2.75) is 46.0 Å². The fraction of sp³-hybridized carbons (Fsp3) is 0.625. The molecular weight excluding hydrogens is 258 g/mol. The maximum absolute atomic E-state index is 5.90. The summed E-state index contributed by atoms with van der Waals surface area (Å²) in [7, 11) is 0. The lowest BCUT2D eigenvalue weighted by Crippen LogP contribution is -2.29. The molecule has 2 N–H and O–H groups in total. The van der Waals surface area contributed by atoms with Gasteiger partial charge in [0.2, 0.25) is 0 Å². The van der Waals surface area contributed by atoms with Crippen molar-refractivity contribution in [3.63, 3.8) is 0 Å². The van der Waals surface area contributed by atoms with Gasteiger partial charge in [-0.3, -0.25) is 0 Å². The smallest absolute Gasteiger partial charge is 0.119 e. The van der Waals surface area contributed by atoms with E-state index in [1.54, 1.807) is 0 Å². The van der Waals surface area contributed by atoms with Gasteiger partial charge in [0.1, 0.15) is 5.75 Å². The Morgan fingerprint density at radius 2 is 1.74 bits per heavy atom. The molecule has 1 rings (SSSR count). The van der Waals surface area contributed by atoms with Crippen LogP contribution in [0, 0.1) is 5.41 Å². The molecule has 0 aliphatic heterocycles. The highest BCUT2D eigenvalue weighted by Gasteiger charge is 2.23. The van der Waals surface area contributed by atoms with E-state index in [9.17, 15) is 0 Å². The van der Waals surface area contributed by atoms with Crippen LogP contribution in [0.4, 0.5) is 0 Å². The molecule has 2 nitrogen and oxygen atoms in total. The molecule has 0 heterocycles. The lowest BCUT2D eigenvalue weighted by molar-refractivity contribution is 0.228. The summed E-state index contributed by atoms with van der Waals surface area (Å²) < 4.78 is 5.69. The third kappa shape index (κ3) is 5.42. The molecule has 0 atom stereocenters. The van der Waals surface area contributed by atoms with Crippen molar-refractivity contribution < 1.29 is 4.74 Å². The van der Waals surface area contributed by atoms with Crippen molar-refractivity contribution >= 4 is 11.6 Å². The van der Waals surface area contributed by atoms with Crippen LogP contribution in [0.1, 0.15) is 46.0 Å². The van der Waals surface area contributed by atoms with E-state index in [-0.39, 0.29) is 0 Å². The first-order valence-corrected chi connectivity index (χ1v) is 7.62. The van der Waals surface area contributed by atoms with E-state index in [2.05, 4.69) is 13.8 Å². The Labute approximate surface area is 122 Å². The summed E-state index contributed by atoms with van der Waals surface area (Å²) in [6.45, 7) is 6.02. The van der Waals surface area contributed by atoms with Crippen LogP contribution in [0.5, 0.6) is 5.75 Å². The van der Waals surface area contributed by atoms with Gasteiger partial charge in [0.15, 0.2) is 0 Å². The normalized spacial score (nSPS) is 11.6. The topological polar surface area (TPSA) is 35.2 Å². The van der Waals surface area contributed by atoms with Gasteiger partial charge >= 0.3 is 0 Å². The molecule has 0 aliphatic carbocycles. The Balaban J connectivity index is 2.22. The van der Waals surface area contributed by atoms with E-state index < -0.39 is 0 Å². The van der Waals surface area contributed by atoms with Crippen LogP contribution >= 0.6 is 11.6 Å². The first-order valence-electron chi connectivity index (χ1n) is 7.24. The van der Waals surface area contributed by atoms with E-state index in [1.807, 2.05) is 24.3 Å². The zero-order chi connectivity index (χ0) is 14.1. The highest BCUT2D eigenvalue weighted by molar-refractivity contribution is 6.30. The summed E-state index contributed by atoms with van der Waals surface area (Å²) in [6.07, 6.45) is 5.77. The SMILES string of the molecule is CCC(CC)(CN)CCCCOc1ccc(Cl)cc1. The third-order valence-corrected chi connectivity index (χ3v) is 4.37. The van der Waals surface area contributed by atoms with Crippen LogP contribution in [0.25, 0.3) is 0 Å². The van der Waals surface area contributed by atoms with Gasteiger partial charge in [-0.2, -0.15) is 0 Å². The molecule has 0 saturated heterocycles. The summed E-state index contributed by atoms with van der Waals surface area (Å²) in [4.78, 5) is 0. The summed E-state index contributed by atoms with van der Waals surface area (Å²) in [5.41, 5.74) is 6.24. The number of ether oxygens (including phenoxy) is 1. The molecule has 0 aliphatic rings. The Morgan fingerprint density at radius 1 is 1.11 bits per heavy atom. The van der Waals surface area contributed by atoms with Crippen molar-refractivity contribution in [1.29, 1.82) is 0 Å². The maximum atomic E-state index is 5.90. The molecule has 0 fully saturated rings. The standard InChI is InChI=1S/C16H26ClNO/c1-3-16(4-2,13-18)11-5-6-12-19-15-9-7-14(17)8-10-15/h7-10H,3-6,11-13,18H2,1-2H3. The van der Waals surface area contributed by atoms with E-state index in [4.69, 9.17) is 22.1 Å². The largest absolute Gasteiger partial charge is 0.494 e. The molecule has 1 aromatic rings. The molecule has 0 amide bonds. The number of nitrogens with two attached hydrogens (primary N) is 1. The lowest BCUT2D eigenvalue weighted by atomic mass is 9.78. The fourth-order valence-electron chi connectivity index (χ4n) is 2.32. The molecule has 108 valence electrons. The Hall–Kier alpha value is -0.730. The Kier molecular flexibility index (Phi) is 7.25. The van der Waals surface area contributed by atoms with Crippen molar-refractivity contribution in [1.82, 2.24) is 0 Å². The Bertz CT molecular complexity index is 338. The van der Waals surface area contributed by atoms with E-state index in [0.29, 0.717) is 5.41 Å². The molecule has 3 heteroatoms. The summed E-state index contributed by atoms with van der Waals surface area (Å²) >= 11 is 5.83. The molecule has 0 spiro atoms. The van der Waals surface area contributed by atoms with Crippen molar-refractivity contribution in [3.05, 3.63) is 29.3 Å². The number of hydrogen-bond acceptors (Lipinski definition) is 2. The average molecular weight is 284 g/mol. The number of halogens is 1. The van der Waals surface area contributed by atoms with Gasteiger partial charge < -0.3 is 10.5 Å². The van der Waals surface area contributed by atoms with Gasteiger partial charge in [-0.25, -0.2) is 0 Å². The first kappa shape index (κ1) is 16.3. The number of unbranched alkanes of at least 4 members (excludes halogenated alkanes) is 1. The zero-order valence-electron chi connectivity index (χ0n) is 12.1. The minimum Gasteiger partial charge on any atom is -0.494 e. The minimum absolute atomic E-state index is 0.334. The van der Waals surface area contributed by atoms with Gasteiger partial charge in [-0.05, 0) is 68.3 Å². The van der Waals surface area contributed by atoms with Crippen LogP contribution in [-0.4, -0.2) is 13.2 Å². The van der Waals surface area contributed by atoms with Gasteiger partial charge in [0.05, 0.1) is 6.61 Å². The van der Waals surface area contributed by atoms with Gasteiger partial charge in [0, 0.05) is 5.02 Å². The highest BCUT2D eigenvalue weighted by Crippen LogP contribution is 2.31. The number of rotatable bonds is 9. The molecule has 0 bridgehead atoms. The number of benzene rings is 1. The lowest BCUT2D eigenvalue weighted by Gasteiger charge is -2.30.